The van der Waals surface area contributed by atoms with Gasteiger partial charge in [0.2, 0.25) is 0 Å². The Hall–Kier alpha value is -2.20. The molecule has 122 valence electrons. The van der Waals surface area contributed by atoms with Crippen LogP contribution in [0.5, 0.6) is 0 Å². The Labute approximate surface area is 121 Å². The van der Waals surface area contributed by atoms with Gasteiger partial charge in [0.15, 0.2) is 0 Å². The Morgan fingerprint density at radius 2 is 0.913 bits per heavy atom. The van der Waals surface area contributed by atoms with Gasteiger partial charge in [-0.1, -0.05) is 0 Å². The van der Waals surface area contributed by atoms with Crippen molar-refractivity contribution in [2.24, 2.45) is 0 Å². The van der Waals surface area contributed by atoms with Crippen LogP contribution in [0.4, 0.5) is 43.9 Å². The first-order chi connectivity index (χ1) is 10.6. The van der Waals surface area contributed by atoms with Crippen LogP contribution >= 0.6 is 0 Å². The Balaban J connectivity index is 2.77. The fourth-order valence-electron chi connectivity index (χ4n) is 1.64. The molecule has 0 amide bonds. The van der Waals surface area contributed by atoms with E-state index in [1.807, 2.05) is 0 Å². The number of benzene rings is 1. The molecule has 0 aliphatic heterocycles. The van der Waals surface area contributed by atoms with E-state index in [-0.39, 0.29) is 6.92 Å². The van der Waals surface area contributed by atoms with E-state index in [4.69, 9.17) is 0 Å². The Morgan fingerprint density at radius 1 is 0.565 bits per heavy atom. The van der Waals surface area contributed by atoms with E-state index in [1.54, 1.807) is 0 Å². The van der Waals surface area contributed by atoms with Crippen molar-refractivity contribution in [3.8, 4) is 0 Å². The van der Waals surface area contributed by atoms with Gasteiger partial charge >= 0.3 is 120 Å². The van der Waals surface area contributed by atoms with Crippen molar-refractivity contribution in [2.75, 3.05) is 0 Å². The third-order valence-corrected chi connectivity index (χ3v) is 2.78. The number of allylic oxidation sites excluding steroid dienone is 4. The van der Waals surface area contributed by atoms with Gasteiger partial charge in [0.05, 0.1) is 0 Å². The van der Waals surface area contributed by atoms with Gasteiger partial charge in [-0.2, -0.15) is 0 Å². The van der Waals surface area contributed by atoms with E-state index >= 15 is 0 Å². The second kappa shape index (κ2) is 5.78. The quantitative estimate of drug-likeness (QED) is 0.239. The molecular formula is C12BF10-. The van der Waals surface area contributed by atoms with Gasteiger partial charge < -0.3 is 0 Å². The van der Waals surface area contributed by atoms with Crippen LogP contribution in [0.2, 0.25) is 0 Å². The molecule has 11 heteroatoms. The molecule has 0 fully saturated rings. The first-order valence-corrected chi connectivity index (χ1v) is 5.47. The van der Waals surface area contributed by atoms with Crippen LogP contribution < -0.4 is 5.46 Å². The molecule has 1 aliphatic carbocycles. The van der Waals surface area contributed by atoms with Crippen molar-refractivity contribution in [3.63, 3.8) is 0 Å². The SMILES string of the molecule is FC1=C(F)[C-](F)C(F)=C(F)C1=Bc1c(F)c(F)c(F)c(F)c1F. The van der Waals surface area contributed by atoms with Crippen LogP contribution in [0.15, 0.2) is 23.3 Å². The topological polar surface area (TPSA) is 0 Å². The minimum atomic E-state index is -2.55. The third kappa shape index (κ3) is 2.53. The summed E-state index contributed by atoms with van der Waals surface area (Å²) in [6.45, 7) is -0.369. The summed E-state index contributed by atoms with van der Waals surface area (Å²) in [5, 5.41) is 0. The first kappa shape index (κ1) is 17.2. The molecular weight excluding hydrogens is 345 g/mol. The summed E-state index contributed by atoms with van der Waals surface area (Å²) in [6, 6.07) is 0. The summed E-state index contributed by atoms with van der Waals surface area (Å²) in [5.74, 6) is -22.3. The molecule has 0 saturated heterocycles. The molecule has 0 bridgehead atoms. The summed E-state index contributed by atoms with van der Waals surface area (Å²) in [7, 11) is 0. The van der Waals surface area contributed by atoms with Gasteiger partial charge in [0, 0.05) is 0 Å². The van der Waals surface area contributed by atoms with E-state index in [0.717, 1.165) is 0 Å². The molecule has 0 radical (unpaired) electrons. The average molecular weight is 345 g/mol. The van der Waals surface area contributed by atoms with Crippen molar-refractivity contribution in [1.82, 2.24) is 0 Å². The molecule has 0 heterocycles. The van der Waals surface area contributed by atoms with E-state index in [9.17, 15) is 43.9 Å². The molecule has 0 N–H and O–H groups in total. The molecule has 0 aromatic heterocycles. The molecule has 0 atom stereocenters. The Bertz CT molecular complexity index is 735. The fraction of sp³-hybridized carbons (Fsp3) is 0. The Kier molecular flexibility index (Phi) is 4.31. The summed E-state index contributed by atoms with van der Waals surface area (Å²) >= 11 is 0. The summed E-state index contributed by atoms with van der Waals surface area (Å²) in [6.07, 6.45) is -2.55. The normalized spacial score (nSPS) is 15.6. The summed E-state index contributed by atoms with van der Waals surface area (Å²) in [4.78, 5) is 0. The molecule has 2 rings (SSSR count). The van der Waals surface area contributed by atoms with Gasteiger partial charge in [0.25, 0.3) is 0 Å². The molecule has 0 spiro atoms. The van der Waals surface area contributed by atoms with Crippen LogP contribution in [-0.2, 0) is 0 Å². The van der Waals surface area contributed by atoms with E-state index in [1.165, 1.54) is 0 Å². The minimum absolute atomic E-state index is 0.369. The van der Waals surface area contributed by atoms with E-state index in [0.29, 0.717) is 0 Å². The van der Waals surface area contributed by atoms with Crippen LogP contribution in [0.1, 0.15) is 0 Å². The van der Waals surface area contributed by atoms with Crippen LogP contribution in [0.3, 0.4) is 0 Å². The monoisotopic (exact) mass is 345 g/mol. The standard InChI is InChI=1S/C12BF10/c14-3-1(4(15)8(19)11(22)7(3)18)13-2-5(16)9(20)12(23)10(21)6(2)17/q-1. The number of rotatable bonds is 1. The second-order valence-electron chi connectivity index (χ2n) is 4.11. The summed E-state index contributed by atoms with van der Waals surface area (Å²) < 4.78 is 131. The van der Waals surface area contributed by atoms with Crippen molar-refractivity contribution in [2.45, 2.75) is 0 Å². The number of hydrogen-bond donors (Lipinski definition) is 0. The van der Waals surface area contributed by atoms with Gasteiger partial charge in [-0.25, -0.2) is 0 Å². The molecule has 23 heavy (non-hydrogen) atoms. The van der Waals surface area contributed by atoms with E-state index < -0.39 is 69.5 Å². The second-order valence-corrected chi connectivity index (χ2v) is 4.11. The molecule has 0 nitrogen and oxygen atoms in total. The molecule has 1 aliphatic rings. The average Bonchev–Trinajstić information content (AvgIpc) is 2.54. The van der Waals surface area contributed by atoms with Gasteiger partial charge in [-0.15, -0.1) is 0 Å². The molecule has 1 aromatic carbocycles. The van der Waals surface area contributed by atoms with Crippen molar-refractivity contribution in [1.29, 1.82) is 0 Å². The van der Waals surface area contributed by atoms with E-state index in [2.05, 4.69) is 0 Å². The van der Waals surface area contributed by atoms with Gasteiger partial charge in [-0.3, -0.25) is 0 Å². The number of halogens is 10. The predicted molar refractivity (Wildman–Crippen MR) is 59.5 cm³/mol. The van der Waals surface area contributed by atoms with Gasteiger partial charge in [-0.05, 0) is 0 Å². The zero-order chi connectivity index (χ0) is 17.6. The summed E-state index contributed by atoms with van der Waals surface area (Å²) in [5.41, 5.74) is -3.71. The van der Waals surface area contributed by atoms with Gasteiger partial charge in [0.1, 0.15) is 0 Å². The number of hydrogen-bond acceptors (Lipinski definition) is 0. The molecule has 1 aromatic rings. The van der Waals surface area contributed by atoms with Crippen molar-refractivity contribution >= 4 is 17.8 Å². The molecule has 0 saturated carbocycles. The maximum atomic E-state index is 13.4. The third-order valence-electron chi connectivity index (χ3n) is 2.78. The molecule has 0 unspecified atom stereocenters. The zero-order valence-electron chi connectivity index (χ0n) is 10.4. The predicted octanol–water partition coefficient (Wildman–Crippen LogP) is 3.70. The van der Waals surface area contributed by atoms with Crippen molar-refractivity contribution < 1.29 is 43.9 Å². The fourth-order valence-corrected chi connectivity index (χ4v) is 1.64. The van der Waals surface area contributed by atoms with Crippen LogP contribution in [0.25, 0.3) is 0 Å². The van der Waals surface area contributed by atoms with Crippen LogP contribution in [0, 0.1) is 35.3 Å². The first-order valence-electron chi connectivity index (χ1n) is 5.47. The van der Waals surface area contributed by atoms with Crippen molar-refractivity contribution in [3.05, 3.63) is 58.6 Å². The zero-order valence-corrected chi connectivity index (χ0v) is 10.4. The maximum absolute atomic E-state index is 13.4. The Morgan fingerprint density at radius 3 is 1.30 bits per heavy atom. The van der Waals surface area contributed by atoms with Crippen LogP contribution in [-0.4, -0.2) is 12.4 Å².